The van der Waals surface area contributed by atoms with Gasteiger partial charge in [0.15, 0.2) is 5.82 Å². The van der Waals surface area contributed by atoms with E-state index in [4.69, 9.17) is 0 Å². The summed E-state index contributed by atoms with van der Waals surface area (Å²) in [6.45, 7) is 0. The Bertz CT molecular complexity index is 981. The number of amides is 1. The first-order valence-electron chi connectivity index (χ1n) is 7.35. The van der Waals surface area contributed by atoms with Crippen LogP contribution < -0.4 is 5.32 Å². The molecular weight excluding hydrogens is 351 g/mol. The van der Waals surface area contributed by atoms with Crippen LogP contribution >= 0.6 is 0 Å². The maximum atomic E-state index is 12.6. The zero-order valence-electron chi connectivity index (χ0n) is 13.4. The second-order valence-electron chi connectivity index (χ2n) is 5.26. The number of halogens is 3. The smallest absolute Gasteiger partial charge is 0.465 e. The Labute approximate surface area is 145 Å². The molecule has 0 fully saturated rings. The maximum absolute atomic E-state index is 12.6. The molecule has 2 heterocycles. The summed E-state index contributed by atoms with van der Waals surface area (Å²) in [5.41, 5.74) is 1.17. The molecule has 0 unspecified atom stereocenters. The van der Waals surface area contributed by atoms with Gasteiger partial charge in [-0.1, -0.05) is 30.3 Å². The normalized spacial score (nSPS) is 11.4. The molecule has 0 atom stereocenters. The lowest BCUT2D eigenvalue weighted by Crippen LogP contribution is -2.30. The molecule has 0 aliphatic heterocycles. The van der Waals surface area contributed by atoms with Gasteiger partial charge in [0.1, 0.15) is 5.65 Å². The molecule has 3 rings (SSSR count). The van der Waals surface area contributed by atoms with Gasteiger partial charge >= 0.3 is 18.1 Å². The van der Waals surface area contributed by atoms with Crippen molar-refractivity contribution >= 4 is 23.3 Å². The summed E-state index contributed by atoms with van der Waals surface area (Å²) in [7, 11) is 1.22. The molecule has 134 valence electrons. The molecule has 3 aromatic rings. The molecule has 26 heavy (non-hydrogen) atoms. The summed E-state index contributed by atoms with van der Waals surface area (Å²) in [5, 5.41) is 1.79. The number of hydrogen-bond donors (Lipinski definition) is 1. The molecule has 0 aliphatic carbocycles. The average molecular weight is 363 g/mol. The maximum Gasteiger partial charge on any atom is 0.471 e. The zero-order chi connectivity index (χ0) is 18.9. The lowest BCUT2D eigenvalue weighted by Gasteiger charge is -2.09. The van der Waals surface area contributed by atoms with Crippen LogP contribution in [0, 0.1) is 0 Å². The van der Waals surface area contributed by atoms with Gasteiger partial charge in [-0.15, -0.1) is 0 Å². The first kappa shape index (κ1) is 17.5. The van der Waals surface area contributed by atoms with Crippen LogP contribution in [0.1, 0.15) is 10.4 Å². The third-order valence-electron chi connectivity index (χ3n) is 3.58. The van der Waals surface area contributed by atoms with E-state index in [-0.39, 0.29) is 22.7 Å². The molecule has 0 bridgehead atoms. The van der Waals surface area contributed by atoms with Gasteiger partial charge in [0.25, 0.3) is 0 Å². The molecule has 0 radical (unpaired) electrons. The molecular formula is C17H12F3N3O3. The first-order chi connectivity index (χ1) is 12.3. The van der Waals surface area contributed by atoms with Crippen molar-refractivity contribution in [1.82, 2.24) is 9.38 Å². The number of alkyl halides is 3. The number of nitrogens with zero attached hydrogens (tertiary/aromatic N) is 2. The van der Waals surface area contributed by atoms with E-state index >= 15 is 0 Å². The van der Waals surface area contributed by atoms with Crippen LogP contribution in [-0.2, 0) is 9.53 Å². The molecule has 0 spiro atoms. The Morgan fingerprint density at radius 2 is 1.81 bits per heavy atom. The van der Waals surface area contributed by atoms with Gasteiger partial charge in [-0.3, -0.25) is 9.20 Å². The number of nitrogens with one attached hydrogen (secondary N) is 1. The third kappa shape index (κ3) is 3.23. The standard InChI is InChI=1S/C17H12F3N3O3/c1-26-15(24)11-7-8-12-21-14(22-16(25)17(18,19)20)13(23(12)9-11)10-5-3-2-4-6-10/h2-9H,1H3,(H,22,25). The van der Waals surface area contributed by atoms with Crippen molar-refractivity contribution in [2.24, 2.45) is 0 Å². The molecule has 1 aromatic carbocycles. The highest BCUT2D eigenvalue weighted by atomic mass is 19.4. The quantitative estimate of drug-likeness (QED) is 0.725. The third-order valence-corrected chi connectivity index (χ3v) is 3.58. The molecule has 9 heteroatoms. The van der Waals surface area contributed by atoms with E-state index in [9.17, 15) is 22.8 Å². The summed E-state index contributed by atoms with van der Waals surface area (Å²) < 4.78 is 44.0. The topological polar surface area (TPSA) is 72.7 Å². The SMILES string of the molecule is COC(=O)c1ccc2nc(NC(=O)C(F)(F)F)c(-c3ccccc3)n2c1. The lowest BCUT2D eigenvalue weighted by atomic mass is 10.1. The van der Waals surface area contributed by atoms with E-state index in [0.717, 1.165) is 0 Å². The monoisotopic (exact) mass is 363 g/mol. The second kappa shape index (κ2) is 6.51. The number of carbonyl (C=O) groups excluding carboxylic acids is 2. The van der Waals surface area contributed by atoms with Gasteiger partial charge in [-0.2, -0.15) is 13.2 Å². The number of hydrogen-bond acceptors (Lipinski definition) is 4. The number of esters is 1. The van der Waals surface area contributed by atoms with Gasteiger partial charge in [-0.05, 0) is 12.1 Å². The van der Waals surface area contributed by atoms with Gasteiger partial charge in [0, 0.05) is 11.8 Å². The van der Waals surface area contributed by atoms with Crippen LogP contribution in [0.25, 0.3) is 16.9 Å². The van der Waals surface area contributed by atoms with Crippen molar-refractivity contribution < 1.29 is 27.5 Å². The summed E-state index contributed by atoms with van der Waals surface area (Å²) in [6, 6.07) is 11.3. The number of fused-ring (bicyclic) bond motifs is 1. The molecule has 0 saturated heterocycles. The first-order valence-corrected chi connectivity index (χ1v) is 7.35. The number of benzene rings is 1. The van der Waals surface area contributed by atoms with Crippen LogP contribution in [-0.4, -0.2) is 34.5 Å². The number of aromatic nitrogens is 2. The van der Waals surface area contributed by atoms with E-state index in [2.05, 4.69) is 9.72 Å². The molecule has 6 nitrogen and oxygen atoms in total. The van der Waals surface area contributed by atoms with Crippen molar-refractivity contribution in [2.75, 3.05) is 12.4 Å². The Kier molecular flexibility index (Phi) is 4.37. The summed E-state index contributed by atoms with van der Waals surface area (Å²) in [6.07, 6.45) is -3.67. The van der Waals surface area contributed by atoms with E-state index in [1.54, 1.807) is 35.6 Å². The van der Waals surface area contributed by atoms with E-state index < -0.39 is 18.1 Å². The summed E-state index contributed by atoms with van der Waals surface area (Å²) in [5.74, 6) is -3.01. The molecule has 0 saturated carbocycles. The predicted octanol–water partition coefficient (Wildman–Crippen LogP) is 3.29. The van der Waals surface area contributed by atoms with Crippen LogP contribution in [0.2, 0.25) is 0 Å². The van der Waals surface area contributed by atoms with E-state index in [1.165, 1.54) is 29.8 Å². The summed E-state index contributed by atoms with van der Waals surface area (Å²) in [4.78, 5) is 27.2. The fraction of sp³-hybridized carbons (Fsp3) is 0.118. The molecule has 2 aromatic heterocycles. The van der Waals surface area contributed by atoms with E-state index in [0.29, 0.717) is 5.56 Å². The summed E-state index contributed by atoms with van der Waals surface area (Å²) >= 11 is 0. The van der Waals surface area contributed by atoms with Gasteiger partial charge in [-0.25, -0.2) is 9.78 Å². The molecule has 1 N–H and O–H groups in total. The minimum Gasteiger partial charge on any atom is -0.465 e. The van der Waals surface area contributed by atoms with Crippen LogP contribution in [0.5, 0.6) is 0 Å². The van der Waals surface area contributed by atoms with E-state index in [1.807, 2.05) is 0 Å². The fourth-order valence-corrected chi connectivity index (χ4v) is 2.42. The predicted molar refractivity (Wildman–Crippen MR) is 86.7 cm³/mol. The molecule has 1 amide bonds. The van der Waals surface area contributed by atoms with Gasteiger partial charge in [0.2, 0.25) is 0 Å². The minimum absolute atomic E-state index is 0.184. The number of anilines is 1. The highest BCUT2D eigenvalue weighted by molar-refractivity contribution is 5.98. The minimum atomic E-state index is -5.05. The highest BCUT2D eigenvalue weighted by Crippen LogP contribution is 2.30. The number of imidazole rings is 1. The second-order valence-corrected chi connectivity index (χ2v) is 5.26. The number of carbonyl (C=O) groups is 2. The number of rotatable bonds is 3. The van der Waals surface area contributed by atoms with Crippen molar-refractivity contribution in [3.05, 3.63) is 54.2 Å². The van der Waals surface area contributed by atoms with Crippen LogP contribution in [0.15, 0.2) is 48.7 Å². The molecule has 0 aliphatic rings. The Balaban J connectivity index is 2.20. The van der Waals surface area contributed by atoms with Gasteiger partial charge in [0.05, 0.1) is 18.4 Å². The Morgan fingerprint density at radius 1 is 1.12 bits per heavy atom. The van der Waals surface area contributed by atoms with Crippen LogP contribution in [0.3, 0.4) is 0 Å². The lowest BCUT2D eigenvalue weighted by molar-refractivity contribution is -0.167. The zero-order valence-corrected chi connectivity index (χ0v) is 13.4. The van der Waals surface area contributed by atoms with Crippen molar-refractivity contribution in [3.63, 3.8) is 0 Å². The Hall–Kier alpha value is -3.36. The fourth-order valence-electron chi connectivity index (χ4n) is 2.42. The van der Waals surface area contributed by atoms with Crippen LogP contribution in [0.4, 0.5) is 19.0 Å². The van der Waals surface area contributed by atoms with Crippen molar-refractivity contribution in [3.8, 4) is 11.3 Å². The van der Waals surface area contributed by atoms with Gasteiger partial charge < -0.3 is 10.1 Å². The largest absolute Gasteiger partial charge is 0.471 e. The highest BCUT2D eigenvalue weighted by Gasteiger charge is 2.39. The number of ether oxygens (including phenoxy) is 1. The van der Waals surface area contributed by atoms with Crippen molar-refractivity contribution in [1.29, 1.82) is 0 Å². The van der Waals surface area contributed by atoms with Crippen molar-refractivity contribution in [2.45, 2.75) is 6.18 Å². The number of methoxy groups -OCH3 is 1. The average Bonchev–Trinajstić information content (AvgIpc) is 2.97. The number of pyridine rings is 1. The Morgan fingerprint density at radius 3 is 2.42 bits per heavy atom.